The summed E-state index contributed by atoms with van der Waals surface area (Å²) < 4.78 is 0. The summed E-state index contributed by atoms with van der Waals surface area (Å²) >= 11 is 0. The molecule has 172 valence electrons. The van der Waals surface area contributed by atoms with Crippen LogP contribution in [0.4, 0.5) is 0 Å². The normalized spacial score (nSPS) is 47.1. The number of fused-ring (bicyclic) bond motifs is 4. The fourth-order valence-corrected chi connectivity index (χ4v) is 8.89. The Morgan fingerprint density at radius 3 is 2.43 bits per heavy atom. The molecule has 2 nitrogen and oxygen atoms in total. The molecule has 0 radical (unpaired) electrons. The second kappa shape index (κ2) is 8.22. The molecule has 0 aromatic heterocycles. The van der Waals surface area contributed by atoms with Gasteiger partial charge in [0.1, 0.15) is 0 Å². The molecule has 0 aliphatic heterocycles. The molecule has 9 atom stereocenters. The topological polar surface area (TPSA) is 40.5 Å². The summed E-state index contributed by atoms with van der Waals surface area (Å²) in [5, 5.41) is 21.9. The molecule has 0 bridgehead atoms. The van der Waals surface area contributed by atoms with Crippen molar-refractivity contribution < 1.29 is 10.2 Å². The molecule has 0 aromatic carbocycles. The Morgan fingerprint density at radius 1 is 1.00 bits per heavy atom. The Labute approximate surface area is 185 Å². The van der Waals surface area contributed by atoms with Gasteiger partial charge in [0, 0.05) is 0 Å². The van der Waals surface area contributed by atoms with Crippen molar-refractivity contribution in [2.24, 2.45) is 46.3 Å². The van der Waals surface area contributed by atoms with Crippen molar-refractivity contribution in [1.82, 2.24) is 0 Å². The molecule has 0 amide bonds. The number of aliphatic hydroxyl groups is 2. The maximum atomic E-state index is 11.4. The van der Waals surface area contributed by atoms with Gasteiger partial charge in [-0.25, -0.2) is 0 Å². The molecule has 3 fully saturated rings. The number of rotatable bonds is 5. The molecule has 4 aliphatic rings. The van der Waals surface area contributed by atoms with Crippen LogP contribution in [-0.4, -0.2) is 22.4 Å². The van der Waals surface area contributed by atoms with Gasteiger partial charge in [-0.1, -0.05) is 66.4 Å². The summed E-state index contributed by atoms with van der Waals surface area (Å²) in [6, 6.07) is 0. The van der Waals surface area contributed by atoms with Crippen molar-refractivity contribution in [2.75, 3.05) is 0 Å². The monoisotopic (exact) mass is 416 g/mol. The minimum atomic E-state index is -0.273. The van der Waals surface area contributed by atoms with Crippen molar-refractivity contribution in [3.63, 3.8) is 0 Å². The number of allylic oxidation sites excluding steroid dienone is 1. The van der Waals surface area contributed by atoms with Crippen molar-refractivity contribution in [2.45, 2.75) is 118 Å². The zero-order chi connectivity index (χ0) is 21.8. The second-order valence-corrected chi connectivity index (χ2v) is 12.7. The van der Waals surface area contributed by atoms with Crippen LogP contribution in [0.25, 0.3) is 0 Å². The Morgan fingerprint density at radius 2 is 1.73 bits per heavy atom. The van der Waals surface area contributed by atoms with E-state index in [2.05, 4.69) is 41.5 Å². The van der Waals surface area contributed by atoms with Gasteiger partial charge in [-0.05, 0) is 96.9 Å². The maximum Gasteiger partial charge on any atom is 0.0758 e. The average Bonchev–Trinajstić information content (AvgIpc) is 3.03. The summed E-state index contributed by atoms with van der Waals surface area (Å²) in [5.41, 5.74) is 3.73. The summed E-state index contributed by atoms with van der Waals surface area (Å²) in [6.45, 7) is 14.5. The van der Waals surface area contributed by atoms with Crippen LogP contribution >= 0.6 is 0 Å². The lowest BCUT2D eigenvalue weighted by atomic mass is 9.46. The van der Waals surface area contributed by atoms with Crippen LogP contribution in [0.15, 0.2) is 11.1 Å². The van der Waals surface area contributed by atoms with E-state index in [4.69, 9.17) is 0 Å². The minimum absolute atomic E-state index is 0.180. The van der Waals surface area contributed by atoms with Crippen LogP contribution in [0.5, 0.6) is 0 Å². The first kappa shape index (κ1) is 22.8. The van der Waals surface area contributed by atoms with Gasteiger partial charge in [0.2, 0.25) is 0 Å². The van der Waals surface area contributed by atoms with E-state index in [1.807, 2.05) is 0 Å². The summed E-state index contributed by atoms with van der Waals surface area (Å²) in [4.78, 5) is 0. The predicted octanol–water partition coefficient (Wildman–Crippen LogP) is 6.75. The van der Waals surface area contributed by atoms with Crippen molar-refractivity contribution >= 4 is 0 Å². The highest BCUT2D eigenvalue weighted by molar-refractivity contribution is 5.37. The Balaban J connectivity index is 1.60. The fraction of sp³-hybridized carbons (Fsp3) is 0.929. The summed E-state index contributed by atoms with van der Waals surface area (Å²) in [5.74, 6) is 3.71. The Kier molecular flexibility index (Phi) is 6.26. The van der Waals surface area contributed by atoms with Crippen LogP contribution in [-0.2, 0) is 0 Å². The molecule has 0 heterocycles. The van der Waals surface area contributed by atoms with Crippen molar-refractivity contribution in [1.29, 1.82) is 0 Å². The second-order valence-electron chi connectivity index (χ2n) is 12.7. The highest BCUT2D eigenvalue weighted by Gasteiger charge is 2.59. The Hall–Kier alpha value is -0.340. The van der Waals surface area contributed by atoms with Crippen LogP contribution < -0.4 is 0 Å². The highest BCUT2D eigenvalue weighted by atomic mass is 16.3. The van der Waals surface area contributed by atoms with Crippen molar-refractivity contribution in [3.8, 4) is 0 Å². The van der Waals surface area contributed by atoms with E-state index in [0.29, 0.717) is 23.2 Å². The van der Waals surface area contributed by atoms with Gasteiger partial charge >= 0.3 is 0 Å². The molecule has 0 aromatic rings. The molecule has 1 unspecified atom stereocenters. The molecular weight excluding hydrogens is 368 g/mol. The molecule has 0 saturated heterocycles. The van der Waals surface area contributed by atoms with E-state index in [9.17, 15) is 10.2 Å². The zero-order valence-corrected chi connectivity index (χ0v) is 20.6. The third-order valence-corrected chi connectivity index (χ3v) is 10.7. The third kappa shape index (κ3) is 3.53. The van der Waals surface area contributed by atoms with Gasteiger partial charge in [-0.2, -0.15) is 0 Å². The largest absolute Gasteiger partial charge is 0.393 e. The van der Waals surface area contributed by atoms with Gasteiger partial charge in [-0.3, -0.25) is 0 Å². The number of aliphatic hydroxyl groups excluding tert-OH is 2. The quantitative estimate of drug-likeness (QED) is 0.487. The van der Waals surface area contributed by atoms with E-state index in [1.165, 1.54) is 50.5 Å². The molecule has 3 saturated carbocycles. The predicted molar refractivity (Wildman–Crippen MR) is 125 cm³/mol. The SMILES string of the molecule is CC(C)CCC[C@@H](C)[C@H]1CCC2=C3[C@H](O)CC4[C@H](C)[C@@H](O)CC[C@]4(C)[C@H]3CC[C@@]21C. The smallest absolute Gasteiger partial charge is 0.0758 e. The molecule has 4 aliphatic carbocycles. The van der Waals surface area contributed by atoms with Gasteiger partial charge in [0.15, 0.2) is 0 Å². The van der Waals surface area contributed by atoms with Crippen molar-refractivity contribution in [3.05, 3.63) is 11.1 Å². The lowest BCUT2D eigenvalue weighted by Crippen LogP contribution is -2.55. The molecular formula is C28H48O2. The average molecular weight is 417 g/mol. The highest BCUT2D eigenvalue weighted by Crippen LogP contribution is 2.66. The van der Waals surface area contributed by atoms with E-state index in [-0.39, 0.29) is 17.6 Å². The first-order valence-electron chi connectivity index (χ1n) is 13.2. The molecule has 2 N–H and O–H groups in total. The van der Waals surface area contributed by atoms with Gasteiger partial charge in [0.05, 0.1) is 12.2 Å². The minimum Gasteiger partial charge on any atom is -0.393 e. The molecule has 4 rings (SSSR count). The van der Waals surface area contributed by atoms with Gasteiger partial charge in [0.25, 0.3) is 0 Å². The van der Waals surface area contributed by atoms with E-state index >= 15 is 0 Å². The van der Waals surface area contributed by atoms with E-state index in [0.717, 1.165) is 37.0 Å². The lowest BCUT2D eigenvalue weighted by Gasteiger charge is -2.59. The summed E-state index contributed by atoms with van der Waals surface area (Å²) in [7, 11) is 0. The first-order valence-corrected chi connectivity index (χ1v) is 13.2. The number of hydrogen-bond donors (Lipinski definition) is 2. The maximum absolute atomic E-state index is 11.4. The first-order chi connectivity index (χ1) is 14.1. The standard InChI is InChI=1S/C28H48O2/c1-17(2)8-7-9-18(3)20-10-11-21-26-22(12-14-27(20,21)5)28(6)15-13-24(29)19(4)23(28)16-25(26)30/h17-20,22-25,29-30H,7-16H2,1-6H3/t18-,19+,20-,22+,23?,24+,25-,27-,28-/m1/s1. The van der Waals surface area contributed by atoms with Gasteiger partial charge in [-0.15, -0.1) is 0 Å². The van der Waals surface area contributed by atoms with E-state index < -0.39 is 0 Å². The fourth-order valence-electron chi connectivity index (χ4n) is 8.89. The van der Waals surface area contributed by atoms with E-state index in [1.54, 1.807) is 5.57 Å². The molecule has 30 heavy (non-hydrogen) atoms. The van der Waals surface area contributed by atoms with Crippen LogP contribution in [0.1, 0.15) is 106 Å². The van der Waals surface area contributed by atoms with Crippen LogP contribution in [0, 0.1) is 46.3 Å². The number of hydrogen-bond acceptors (Lipinski definition) is 2. The Bertz CT molecular complexity index is 666. The van der Waals surface area contributed by atoms with Crippen LogP contribution in [0.3, 0.4) is 0 Å². The lowest BCUT2D eigenvalue weighted by molar-refractivity contribution is -0.100. The summed E-state index contributed by atoms with van der Waals surface area (Å²) in [6.07, 6.45) is 11.7. The van der Waals surface area contributed by atoms with Gasteiger partial charge < -0.3 is 10.2 Å². The molecule has 2 heteroatoms. The zero-order valence-electron chi connectivity index (χ0n) is 20.6. The third-order valence-electron chi connectivity index (χ3n) is 10.7. The molecule has 0 spiro atoms. The van der Waals surface area contributed by atoms with Crippen LogP contribution in [0.2, 0.25) is 0 Å².